The lowest BCUT2D eigenvalue weighted by molar-refractivity contribution is -0.0822. The fourth-order valence-electron chi connectivity index (χ4n) is 1.45. The minimum Gasteiger partial charge on any atom is -0.365 e. The number of ether oxygens (including phenoxy) is 1. The van der Waals surface area contributed by atoms with E-state index in [2.05, 4.69) is 10.3 Å². The van der Waals surface area contributed by atoms with Gasteiger partial charge in [0, 0.05) is 25.5 Å². The van der Waals surface area contributed by atoms with Gasteiger partial charge in [-0.2, -0.15) is 8.78 Å². The van der Waals surface area contributed by atoms with Crippen molar-refractivity contribution in [1.82, 2.24) is 14.9 Å². The van der Waals surface area contributed by atoms with Crippen LogP contribution in [0.1, 0.15) is 19.3 Å². The third kappa shape index (κ3) is 2.15. The number of halogens is 2. The zero-order chi connectivity index (χ0) is 10.9. The molecule has 1 aliphatic heterocycles. The van der Waals surface area contributed by atoms with Crippen molar-refractivity contribution in [2.75, 3.05) is 13.1 Å². The minimum atomic E-state index is -2.56. The molecule has 0 radical (unpaired) electrons. The van der Waals surface area contributed by atoms with Crippen LogP contribution in [0.2, 0.25) is 0 Å². The van der Waals surface area contributed by atoms with E-state index in [-0.39, 0.29) is 18.0 Å². The molecule has 1 fully saturated rings. The highest BCUT2D eigenvalue weighted by Crippen LogP contribution is 2.19. The van der Waals surface area contributed by atoms with Gasteiger partial charge in [0.15, 0.2) is 0 Å². The van der Waals surface area contributed by atoms with Crippen LogP contribution >= 0.6 is 0 Å². The number of imidazole rings is 1. The second-order valence-corrected chi connectivity index (χ2v) is 3.87. The van der Waals surface area contributed by atoms with Crippen LogP contribution < -0.4 is 5.32 Å². The Kier molecular flexibility index (Phi) is 2.70. The van der Waals surface area contributed by atoms with E-state index in [1.807, 2.05) is 6.92 Å². The number of hydrogen-bond acceptors (Lipinski definition) is 3. The molecule has 15 heavy (non-hydrogen) atoms. The molecule has 0 amide bonds. The number of nitrogens with zero attached hydrogens (tertiary/aromatic N) is 2. The molecule has 2 rings (SSSR count). The van der Waals surface area contributed by atoms with Crippen LogP contribution in [0, 0.1) is 0 Å². The van der Waals surface area contributed by atoms with Crippen molar-refractivity contribution in [3.63, 3.8) is 0 Å². The van der Waals surface area contributed by atoms with Crippen LogP contribution in [0.5, 0.6) is 0 Å². The molecule has 1 saturated heterocycles. The van der Waals surface area contributed by atoms with Gasteiger partial charge in [-0.1, -0.05) is 0 Å². The van der Waals surface area contributed by atoms with Gasteiger partial charge in [-0.25, -0.2) is 4.98 Å². The lowest BCUT2D eigenvalue weighted by atomic mass is 10.0. The van der Waals surface area contributed by atoms with Gasteiger partial charge < -0.3 is 10.1 Å². The first-order valence-corrected chi connectivity index (χ1v) is 4.75. The maximum atomic E-state index is 12.4. The average Bonchev–Trinajstić information content (AvgIpc) is 2.59. The van der Waals surface area contributed by atoms with E-state index < -0.39 is 6.55 Å². The molecule has 1 N–H and O–H groups in total. The summed E-state index contributed by atoms with van der Waals surface area (Å²) in [5.41, 5.74) is -0.237. The highest BCUT2D eigenvalue weighted by atomic mass is 19.3. The molecule has 0 saturated carbocycles. The lowest BCUT2D eigenvalue weighted by Gasteiger charge is -2.38. The van der Waals surface area contributed by atoms with Crippen molar-refractivity contribution < 1.29 is 13.5 Å². The summed E-state index contributed by atoms with van der Waals surface area (Å²) in [5.74, 6) is 0.262. The summed E-state index contributed by atoms with van der Waals surface area (Å²) in [6.07, 6.45) is 2.61. The largest absolute Gasteiger partial charge is 0.365 e. The monoisotopic (exact) mass is 217 g/mol. The van der Waals surface area contributed by atoms with Crippen molar-refractivity contribution >= 4 is 0 Å². The van der Waals surface area contributed by atoms with Gasteiger partial charge in [0.1, 0.15) is 12.4 Å². The summed E-state index contributed by atoms with van der Waals surface area (Å²) < 4.78 is 31.2. The SMILES string of the molecule is CC1(OCc2nccn2C(F)F)CNC1. The molecule has 0 aromatic carbocycles. The molecule has 1 aliphatic rings. The zero-order valence-electron chi connectivity index (χ0n) is 8.41. The molecule has 4 nitrogen and oxygen atoms in total. The molecule has 0 aliphatic carbocycles. The van der Waals surface area contributed by atoms with E-state index in [0.29, 0.717) is 0 Å². The standard InChI is InChI=1S/C9H13F2N3O/c1-9(5-12-6-9)15-4-7-13-2-3-14(7)8(10)11/h2-3,8,12H,4-6H2,1H3. The van der Waals surface area contributed by atoms with Crippen molar-refractivity contribution in [2.24, 2.45) is 0 Å². The first kappa shape index (κ1) is 10.5. The van der Waals surface area contributed by atoms with E-state index in [4.69, 9.17) is 4.74 Å². The summed E-state index contributed by atoms with van der Waals surface area (Å²) in [7, 11) is 0. The van der Waals surface area contributed by atoms with Gasteiger partial charge >= 0.3 is 6.55 Å². The molecule has 2 heterocycles. The Morgan fingerprint density at radius 1 is 1.67 bits per heavy atom. The van der Waals surface area contributed by atoms with Crippen LogP contribution in [0.15, 0.2) is 12.4 Å². The van der Waals surface area contributed by atoms with Crippen LogP contribution in [0.25, 0.3) is 0 Å². The summed E-state index contributed by atoms with van der Waals surface area (Å²) in [6, 6.07) is 0. The first-order valence-electron chi connectivity index (χ1n) is 4.75. The Morgan fingerprint density at radius 2 is 2.40 bits per heavy atom. The Balaban J connectivity index is 1.95. The van der Waals surface area contributed by atoms with Gasteiger partial charge in [0.25, 0.3) is 0 Å². The number of aromatic nitrogens is 2. The van der Waals surface area contributed by atoms with Crippen molar-refractivity contribution in [2.45, 2.75) is 25.7 Å². The summed E-state index contributed by atoms with van der Waals surface area (Å²) >= 11 is 0. The van der Waals surface area contributed by atoms with Crippen LogP contribution in [0.4, 0.5) is 8.78 Å². The van der Waals surface area contributed by atoms with Gasteiger partial charge in [-0.3, -0.25) is 4.57 Å². The maximum Gasteiger partial charge on any atom is 0.320 e. The van der Waals surface area contributed by atoms with E-state index in [0.717, 1.165) is 17.7 Å². The lowest BCUT2D eigenvalue weighted by Crippen LogP contribution is -2.58. The molecular weight excluding hydrogens is 204 g/mol. The van der Waals surface area contributed by atoms with Crippen LogP contribution in [0.3, 0.4) is 0 Å². The molecule has 6 heteroatoms. The Morgan fingerprint density at radius 3 is 2.93 bits per heavy atom. The predicted octanol–water partition coefficient (Wildman–Crippen LogP) is 1.16. The van der Waals surface area contributed by atoms with E-state index in [9.17, 15) is 8.78 Å². The third-order valence-corrected chi connectivity index (χ3v) is 2.51. The average molecular weight is 217 g/mol. The third-order valence-electron chi connectivity index (χ3n) is 2.51. The Bertz CT molecular complexity index is 336. The number of hydrogen-bond donors (Lipinski definition) is 1. The fraction of sp³-hybridized carbons (Fsp3) is 0.667. The molecule has 1 aromatic rings. The number of alkyl halides is 2. The second-order valence-electron chi connectivity index (χ2n) is 3.87. The van der Waals surface area contributed by atoms with Crippen molar-refractivity contribution in [3.8, 4) is 0 Å². The molecule has 1 aromatic heterocycles. The zero-order valence-corrected chi connectivity index (χ0v) is 8.41. The van der Waals surface area contributed by atoms with Gasteiger partial charge in [0.05, 0.1) is 5.60 Å². The smallest absolute Gasteiger partial charge is 0.320 e. The summed E-state index contributed by atoms with van der Waals surface area (Å²) in [4.78, 5) is 3.84. The Hall–Kier alpha value is -1.01. The van der Waals surface area contributed by atoms with Crippen LogP contribution in [-0.2, 0) is 11.3 Å². The van der Waals surface area contributed by atoms with Gasteiger partial charge in [-0.15, -0.1) is 0 Å². The van der Waals surface area contributed by atoms with Gasteiger partial charge in [0.2, 0.25) is 0 Å². The minimum absolute atomic E-state index is 0.121. The number of nitrogens with one attached hydrogen (secondary N) is 1. The van der Waals surface area contributed by atoms with E-state index in [1.54, 1.807) is 0 Å². The molecule has 84 valence electrons. The van der Waals surface area contributed by atoms with E-state index in [1.165, 1.54) is 12.4 Å². The highest BCUT2D eigenvalue weighted by Gasteiger charge is 2.32. The molecular formula is C9H13F2N3O. The topological polar surface area (TPSA) is 39.1 Å². The second kappa shape index (κ2) is 3.86. The normalized spacial score (nSPS) is 19.2. The van der Waals surface area contributed by atoms with Crippen molar-refractivity contribution in [1.29, 1.82) is 0 Å². The molecule has 0 spiro atoms. The summed E-state index contributed by atoms with van der Waals surface area (Å²) in [5, 5.41) is 3.07. The van der Waals surface area contributed by atoms with Crippen molar-refractivity contribution in [3.05, 3.63) is 18.2 Å². The Labute approximate surface area is 86.2 Å². The number of rotatable bonds is 4. The first-order chi connectivity index (χ1) is 7.11. The van der Waals surface area contributed by atoms with E-state index >= 15 is 0 Å². The molecule has 0 unspecified atom stereocenters. The fourth-order valence-corrected chi connectivity index (χ4v) is 1.45. The summed E-state index contributed by atoms with van der Waals surface area (Å²) in [6.45, 7) is 1.01. The van der Waals surface area contributed by atoms with Crippen LogP contribution in [-0.4, -0.2) is 28.2 Å². The highest BCUT2D eigenvalue weighted by molar-refractivity contribution is 4.94. The predicted molar refractivity (Wildman–Crippen MR) is 49.5 cm³/mol. The quantitative estimate of drug-likeness (QED) is 0.822. The molecule has 0 atom stereocenters. The van der Waals surface area contributed by atoms with Gasteiger partial charge in [-0.05, 0) is 6.92 Å². The maximum absolute atomic E-state index is 12.4. The molecule has 0 bridgehead atoms.